The van der Waals surface area contributed by atoms with Crippen LogP contribution in [0.2, 0.25) is 0 Å². The van der Waals surface area contributed by atoms with Crippen LogP contribution in [0.4, 0.5) is 26.3 Å². The Morgan fingerprint density at radius 2 is 1.41 bits per heavy atom. The summed E-state index contributed by atoms with van der Waals surface area (Å²) >= 11 is 0.382. The summed E-state index contributed by atoms with van der Waals surface area (Å²) < 4.78 is 84.1. The SMILES string of the molecule is COc1ccc(CSc2c(F)c(F)c(F)c(F)c2F)cc1F. The Bertz CT molecular complexity index is 690. The maximum atomic E-state index is 13.5. The highest BCUT2D eigenvalue weighted by atomic mass is 32.2. The van der Waals surface area contributed by atoms with Crippen LogP contribution in [0, 0.1) is 34.9 Å². The minimum absolute atomic E-state index is 0.0232. The van der Waals surface area contributed by atoms with Gasteiger partial charge in [-0.1, -0.05) is 6.07 Å². The van der Waals surface area contributed by atoms with Crippen LogP contribution < -0.4 is 4.74 Å². The molecule has 0 saturated carbocycles. The summed E-state index contributed by atoms with van der Waals surface area (Å²) in [7, 11) is 1.27. The molecule has 0 heterocycles. The van der Waals surface area contributed by atoms with E-state index in [1.807, 2.05) is 0 Å². The van der Waals surface area contributed by atoms with Gasteiger partial charge in [-0.05, 0) is 17.7 Å². The summed E-state index contributed by atoms with van der Waals surface area (Å²) in [6, 6.07) is 3.77. The molecule has 118 valence electrons. The third-order valence-corrected chi connectivity index (χ3v) is 3.89. The van der Waals surface area contributed by atoms with Crippen molar-refractivity contribution in [3.63, 3.8) is 0 Å². The molecule has 0 aromatic heterocycles. The zero-order valence-electron chi connectivity index (χ0n) is 11.0. The van der Waals surface area contributed by atoms with E-state index in [-0.39, 0.29) is 11.5 Å². The van der Waals surface area contributed by atoms with E-state index >= 15 is 0 Å². The van der Waals surface area contributed by atoms with E-state index in [1.165, 1.54) is 19.2 Å². The molecule has 2 aromatic rings. The lowest BCUT2D eigenvalue weighted by Gasteiger charge is -2.08. The first-order valence-corrected chi connectivity index (χ1v) is 6.82. The molecule has 0 bridgehead atoms. The molecular formula is C14H8F6OS. The van der Waals surface area contributed by atoms with Crippen molar-refractivity contribution >= 4 is 11.8 Å². The van der Waals surface area contributed by atoms with Gasteiger partial charge in [0.2, 0.25) is 5.82 Å². The van der Waals surface area contributed by atoms with Crippen molar-refractivity contribution in [3.8, 4) is 5.75 Å². The van der Waals surface area contributed by atoms with E-state index in [0.29, 0.717) is 17.3 Å². The van der Waals surface area contributed by atoms with E-state index in [1.54, 1.807) is 0 Å². The summed E-state index contributed by atoms with van der Waals surface area (Å²) in [6.07, 6.45) is 0. The number of thioether (sulfide) groups is 1. The predicted molar refractivity (Wildman–Crippen MR) is 68.7 cm³/mol. The molecule has 0 atom stereocenters. The fraction of sp³-hybridized carbons (Fsp3) is 0.143. The molecule has 2 rings (SSSR count). The molecule has 0 unspecified atom stereocenters. The van der Waals surface area contributed by atoms with Gasteiger partial charge in [0.25, 0.3) is 0 Å². The zero-order chi connectivity index (χ0) is 16.4. The van der Waals surface area contributed by atoms with Crippen molar-refractivity contribution in [1.82, 2.24) is 0 Å². The van der Waals surface area contributed by atoms with Gasteiger partial charge in [0.15, 0.2) is 34.8 Å². The lowest BCUT2D eigenvalue weighted by molar-refractivity contribution is 0.361. The highest BCUT2D eigenvalue weighted by molar-refractivity contribution is 7.98. The number of hydrogen-bond acceptors (Lipinski definition) is 2. The third-order valence-electron chi connectivity index (χ3n) is 2.77. The van der Waals surface area contributed by atoms with Crippen molar-refractivity contribution in [2.24, 2.45) is 0 Å². The van der Waals surface area contributed by atoms with Crippen LogP contribution in [-0.4, -0.2) is 7.11 Å². The molecular weight excluding hydrogens is 330 g/mol. The van der Waals surface area contributed by atoms with E-state index in [9.17, 15) is 26.3 Å². The number of halogens is 6. The van der Waals surface area contributed by atoms with Gasteiger partial charge >= 0.3 is 0 Å². The topological polar surface area (TPSA) is 9.23 Å². The Morgan fingerprint density at radius 1 is 0.864 bits per heavy atom. The van der Waals surface area contributed by atoms with Crippen molar-refractivity contribution < 1.29 is 31.1 Å². The molecule has 0 amide bonds. The van der Waals surface area contributed by atoms with Gasteiger partial charge in [-0.15, -0.1) is 11.8 Å². The smallest absolute Gasteiger partial charge is 0.200 e. The summed E-state index contributed by atoms with van der Waals surface area (Å²) in [5.41, 5.74) is 0.298. The monoisotopic (exact) mass is 338 g/mol. The lowest BCUT2D eigenvalue weighted by Crippen LogP contribution is -2.03. The van der Waals surface area contributed by atoms with Crippen LogP contribution in [0.3, 0.4) is 0 Å². The van der Waals surface area contributed by atoms with Gasteiger partial charge in [0.05, 0.1) is 12.0 Å². The second-order valence-corrected chi connectivity index (χ2v) is 5.14. The molecule has 22 heavy (non-hydrogen) atoms. The quantitative estimate of drug-likeness (QED) is 0.342. The van der Waals surface area contributed by atoms with E-state index in [4.69, 9.17) is 4.74 Å². The zero-order valence-corrected chi connectivity index (χ0v) is 11.8. The molecule has 8 heteroatoms. The fourth-order valence-electron chi connectivity index (χ4n) is 1.67. The summed E-state index contributed by atoms with van der Waals surface area (Å²) in [5, 5.41) is 0. The van der Waals surface area contributed by atoms with Crippen LogP contribution in [0.5, 0.6) is 5.75 Å². The maximum Gasteiger partial charge on any atom is 0.200 e. The Hall–Kier alpha value is -1.83. The van der Waals surface area contributed by atoms with E-state index in [2.05, 4.69) is 0 Å². The second kappa shape index (κ2) is 6.51. The Labute approximate surface area is 125 Å². The van der Waals surface area contributed by atoms with Gasteiger partial charge in [0.1, 0.15) is 0 Å². The largest absolute Gasteiger partial charge is 0.494 e. The average molecular weight is 338 g/mol. The molecule has 1 nitrogen and oxygen atoms in total. The molecule has 0 aliphatic heterocycles. The first kappa shape index (κ1) is 16.5. The predicted octanol–water partition coefficient (Wildman–Crippen LogP) is 4.82. The van der Waals surface area contributed by atoms with Crippen LogP contribution in [0.1, 0.15) is 5.56 Å². The van der Waals surface area contributed by atoms with Crippen molar-refractivity contribution in [1.29, 1.82) is 0 Å². The second-order valence-electron chi connectivity index (χ2n) is 4.16. The van der Waals surface area contributed by atoms with Crippen LogP contribution >= 0.6 is 11.8 Å². The molecule has 0 aliphatic carbocycles. The summed E-state index contributed by atoms with van der Waals surface area (Å²) in [4.78, 5) is -1.01. The molecule has 2 aromatic carbocycles. The van der Waals surface area contributed by atoms with Crippen molar-refractivity contribution in [2.45, 2.75) is 10.6 Å². The van der Waals surface area contributed by atoms with Crippen LogP contribution in [-0.2, 0) is 5.75 Å². The van der Waals surface area contributed by atoms with Crippen LogP contribution in [0.15, 0.2) is 23.1 Å². The number of ether oxygens (including phenoxy) is 1. The van der Waals surface area contributed by atoms with Gasteiger partial charge in [0, 0.05) is 5.75 Å². The number of hydrogen-bond donors (Lipinski definition) is 0. The molecule has 0 radical (unpaired) electrons. The van der Waals surface area contributed by atoms with Crippen molar-refractivity contribution in [3.05, 3.63) is 58.7 Å². The van der Waals surface area contributed by atoms with E-state index < -0.39 is 39.8 Å². The number of benzene rings is 2. The molecule has 0 fully saturated rings. The van der Waals surface area contributed by atoms with Gasteiger partial charge in [-0.25, -0.2) is 26.3 Å². The lowest BCUT2D eigenvalue weighted by atomic mass is 10.2. The number of rotatable bonds is 4. The minimum atomic E-state index is -2.21. The van der Waals surface area contributed by atoms with Crippen LogP contribution in [0.25, 0.3) is 0 Å². The third kappa shape index (κ3) is 3.01. The van der Waals surface area contributed by atoms with Gasteiger partial charge < -0.3 is 4.74 Å². The normalized spacial score (nSPS) is 10.9. The summed E-state index contributed by atoms with van der Waals surface area (Å²) in [5.74, 6) is -11.0. The first-order valence-electron chi connectivity index (χ1n) is 5.83. The Balaban J connectivity index is 2.27. The Kier molecular flexibility index (Phi) is 4.90. The standard InChI is InChI=1S/C14H8F6OS/c1-21-8-3-2-6(4-7(8)15)5-22-14-12(19)10(17)9(16)11(18)13(14)20/h2-4H,5H2,1H3. The maximum absolute atomic E-state index is 13.5. The summed E-state index contributed by atoms with van der Waals surface area (Å²) in [6.45, 7) is 0. The highest BCUT2D eigenvalue weighted by Crippen LogP contribution is 2.33. The molecule has 0 spiro atoms. The minimum Gasteiger partial charge on any atom is -0.494 e. The van der Waals surface area contributed by atoms with Gasteiger partial charge in [-0.2, -0.15) is 0 Å². The molecule has 0 aliphatic rings. The first-order chi connectivity index (χ1) is 10.4. The van der Waals surface area contributed by atoms with Gasteiger partial charge in [-0.3, -0.25) is 0 Å². The number of methoxy groups -OCH3 is 1. The molecule has 0 N–H and O–H groups in total. The molecule has 0 saturated heterocycles. The van der Waals surface area contributed by atoms with Crippen molar-refractivity contribution in [2.75, 3.05) is 7.11 Å². The average Bonchev–Trinajstić information content (AvgIpc) is 2.51. The fourth-order valence-corrected chi connectivity index (χ4v) is 2.59. The van der Waals surface area contributed by atoms with E-state index in [0.717, 1.165) is 6.07 Å². The Morgan fingerprint density at radius 3 is 1.91 bits per heavy atom. The highest BCUT2D eigenvalue weighted by Gasteiger charge is 2.25.